The van der Waals surface area contributed by atoms with E-state index in [0.29, 0.717) is 29.8 Å². The van der Waals surface area contributed by atoms with Crippen LogP contribution >= 0.6 is 0 Å². The predicted molar refractivity (Wildman–Crippen MR) is 175 cm³/mol. The van der Waals surface area contributed by atoms with E-state index in [1.807, 2.05) is 54.6 Å². The van der Waals surface area contributed by atoms with E-state index >= 15 is 0 Å². The first-order chi connectivity index (χ1) is 22.5. The van der Waals surface area contributed by atoms with Gasteiger partial charge in [-0.2, -0.15) is 0 Å². The number of benzene rings is 3. The minimum absolute atomic E-state index is 0.0434. The number of fused-ring (bicyclic) bond motifs is 5. The van der Waals surface area contributed by atoms with E-state index in [2.05, 4.69) is 24.3 Å². The topological polar surface area (TPSA) is 145 Å². The third-order valence-corrected chi connectivity index (χ3v) is 9.86. The lowest BCUT2D eigenvalue weighted by molar-refractivity contribution is -0.142. The Balaban J connectivity index is 1.29. The van der Waals surface area contributed by atoms with Gasteiger partial charge >= 0.3 is 0 Å². The van der Waals surface area contributed by atoms with Crippen LogP contribution in [0.25, 0.3) is 16.5 Å². The Kier molecular flexibility index (Phi) is 7.69. The quantitative estimate of drug-likeness (QED) is 0.192. The maximum absolute atomic E-state index is 14.5. The van der Waals surface area contributed by atoms with Gasteiger partial charge in [0.25, 0.3) is 5.88 Å². The van der Waals surface area contributed by atoms with Gasteiger partial charge in [-0.3, -0.25) is 14.5 Å². The van der Waals surface area contributed by atoms with Crippen molar-refractivity contribution in [1.82, 2.24) is 15.4 Å². The lowest BCUT2D eigenvalue weighted by Gasteiger charge is -2.49. The molecule has 0 radical (unpaired) electrons. The number of nitrogens with zero attached hydrogens (tertiary/aromatic N) is 2. The van der Waals surface area contributed by atoms with E-state index in [0.717, 1.165) is 23.1 Å². The van der Waals surface area contributed by atoms with Crippen LogP contribution in [0.1, 0.15) is 64.7 Å². The number of nitrogens with one attached hydrogen (secondary N) is 1. The van der Waals surface area contributed by atoms with Gasteiger partial charge < -0.3 is 29.9 Å². The summed E-state index contributed by atoms with van der Waals surface area (Å²) < 4.78 is 11.6. The molecule has 1 aromatic heterocycles. The molecule has 0 aliphatic heterocycles. The fraction of sp³-hybridized carbons (Fsp3) is 0.378. The number of aromatic nitrogens is 1. The van der Waals surface area contributed by atoms with E-state index in [9.17, 15) is 24.9 Å². The highest BCUT2D eigenvalue weighted by atomic mass is 16.5. The molecular weight excluding hydrogens is 598 g/mol. The summed E-state index contributed by atoms with van der Waals surface area (Å²) in [5.41, 5.74) is 0.0518. The molecule has 3 aromatic carbocycles. The molecule has 0 amide bonds. The van der Waals surface area contributed by atoms with Crippen LogP contribution < -0.4 is 10.1 Å². The highest BCUT2D eigenvalue weighted by Crippen LogP contribution is 2.56. The van der Waals surface area contributed by atoms with Crippen molar-refractivity contribution in [2.75, 3.05) is 20.6 Å². The Labute approximate surface area is 272 Å². The normalized spacial score (nSPS) is 23.6. The van der Waals surface area contributed by atoms with Crippen molar-refractivity contribution >= 4 is 28.1 Å². The highest BCUT2D eigenvalue weighted by Gasteiger charge is 2.65. The van der Waals surface area contributed by atoms with Crippen LogP contribution in [0.5, 0.6) is 11.6 Å². The van der Waals surface area contributed by atoms with Crippen LogP contribution in [0.3, 0.4) is 0 Å². The van der Waals surface area contributed by atoms with Crippen LogP contribution in [0.2, 0.25) is 0 Å². The average molecular weight is 638 g/mol. The number of phenolic OH excluding ortho intramolecular Hbond substituents is 1. The van der Waals surface area contributed by atoms with Crippen LogP contribution in [0, 0.1) is 17.8 Å². The van der Waals surface area contributed by atoms with E-state index in [1.54, 1.807) is 19.0 Å². The molecule has 10 heteroatoms. The standard InChI is InChI=1S/C37H39N3O7/c1-19(2)16-38-17-21-10-11-22-13-23-14-24-15-26-30(40(3)4)33-29(36(39-47-33)46-18-20-8-6-5-7-9-20)35(44)37(26,45)34(43)28(24)32(42)27(23)31(41)25(22)12-21/h5-13,19,24,26,30,38,41-42,45H,14-18H2,1-4H3/t24-,26-,30-,37-/m0/s1. The predicted octanol–water partition coefficient (Wildman–Crippen LogP) is 5.12. The molecule has 4 atom stereocenters. The van der Waals surface area contributed by atoms with E-state index < -0.39 is 40.8 Å². The summed E-state index contributed by atoms with van der Waals surface area (Å²) in [5.74, 6) is -3.01. The molecule has 0 spiro atoms. The molecule has 4 N–H and O–H groups in total. The zero-order valence-electron chi connectivity index (χ0n) is 26.9. The zero-order valence-corrected chi connectivity index (χ0v) is 26.9. The number of rotatable bonds is 8. The molecule has 10 nitrogen and oxygen atoms in total. The maximum atomic E-state index is 14.5. The Morgan fingerprint density at radius 3 is 2.53 bits per heavy atom. The fourth-order valence-electron chi connectivity index (χ4n) is 7.68. The number of hydrogen-bond donors (Lipinski definition) is 4. The lowest BCUT2D eigenvalue weighted by atomic mass is 9.57. The molecule has 0 bridgehead atoms. The summed E-state index contributed by atoms with van der Waals surface area (Å²) in [6, 6.07) is 16.4. The first kappa shape index (κ1) is 31.1. The molecule has 4 aromatic rings. The zero-order chi connectivity index (χ0) is 33.2. The molecular formula is C37H39N3O7. The molecule has 0 unspecified atom stereocenters. The number of Topliss-reactive ketones (excluding diaryl/α,β-unsaturated/α-hetero) is 2. The molecule has 244 valence electrons. The van der Waals surface area contributed by atoms with E-state index in [-0.39, 0.29) is 47.1 Å². The molecule has 7 rings (SSSR count). The Hall–Kier alpha value is -4.51. The first-order valence-corrected chi connectivity index (χ1v) is 16.1. The Morgan fingerprint density at radius 1 is 1.04 bits per heavy atom. The molecule has 1 saturated carbocycles. The number of aromatic hydroxyl groups is 1. The minimum Gasteiger partial charge on any atom is -0.507 e. The monoisotopic (exact) mass is 637 g/mol. The summed E-state index contributed by atoms with van der Waals surface area (Å²) in [6.07, 6.45) is 0.562. The van der Waals surface area contributed by atoms with Gasteiger partial charge in [-0.05, 0) is 78.6 Å². The number of aliphatic hydroxyl groups is 2. The molecule has 0 saturated heterocycles. The second kappa shape index (κ2) is 11.6. The number of carbonyl (C=O) groups excluding carboxylic acids is 2. The van der Waals surface area contributed by atoms with Crippen molar-refractivity contribution in [2.45, 2.75) is 51.5 Å². The summed E-state index contributed by atoms with van der Waals surface area (Å²) in [6.45, 7) is 5.82. The Bertz CT molecular complexity index is 1930. The first-order valence-electron chi connectivity index (χ1n) is 16.1. The fourth-order valence-corrected chi connectivity index (χ4v) is 7.68. The molecule has 3 aliphatic rings. The van der Waals surface area contributed by atoms with Gasteiger partial charge in [0.2, 0.25) is 11.6 Å². The van der Waals surface area contributed by atoms with Crippen molar-refractivity contribution in [3.05, 3.63) is 93.7 Å². The van der Waals surface area contributed by atoms with E-state index in [1.165, 1.54) is 0 Å². The summed E-state index contributed by atoms with van der Waals surface area (Å²) in [4.78, 5) is 30.5. The lowest BCUT2D eigenvalue weighted by Crippen LogP contribution is -2.63. The second-order valence-electron chi connectivity index (χ2n) is 13.7. The molecule has 3 aliphatic carbocycles. The van der Waals surface area contributed by atoms with Crippen LogP contribution in [0.4, 0.5) is 0 Å². The van der Waals surface area contributed by atoms with Gasteiger partial charge in [-0.25, -0.2) is 0 Å². The second-order valence-corrected chi connectivity index (χ2v) is 13.7. The third-order valence-electron chi connectivity index (χ3n) is 9.86. The molecule has 1 heterocycles. The molecule has 47 heavy (non-hydrogen) atoms. The molecule has 1 fully saturated rings. The van der Waals surface area contributed by atoms with Gasteiger partial charge in [0.1, 0.15) is 23.7 Å². The maximum Gasteiger partial charge on any atom is 0.265 e. The van der Waals surface area contributed by atoms with Crippen molar-refractivity contribution < 1.29 is 34.2 Å². The largest absolute Gasteiger partial charge is 0.507 e. The minimum atomic E-state index is -2.50. The SMILES string of the molecule is CC(C)CNCc1ccc2cc3c(c(O)c2c1)C(O)=C1C(=O)[C@]2(O)C(=O)c4c(OCc5ccccc5)noc4[C@@H](N(C)C)[C@@H]2C[C@@H]1C3. The van der Waals surface area contributed by atoms with Crippen molar-refractivity contribution in [3.8, 4) is 11.6 Å². The number of aliphatic hydroxyl groups excluding tert-OH is 1. The van der Waals surface area contributed by atoms with Gasteiger partial charge in [0, 0.05) is 23.4 Å². The van der Waals surface area contributed by atoms with Gasteiger partial charge in [0.05, 0.1) is 11.6 Å². The smallest absolute Gasteiger partial charge is 0.265 e. The van der Waals surface area contributed by atoms with Crippen LogP contribution in [-0.4, -0.2) is 63.2 Å². The van der Waals surface area contributed by atoms with Crippen molar-refractivity contribution in [1.29, 1.82) is 0 Å². The number of phenols is 1. The summed E-state index contributed by atoms with van der Waals surface area (Å²) >= 11 is 0. The van der Waals surface area contributed by atoms with Gasteiger partial charge in [-0.1, -0.05) is 62.4 Å². The highest BCUT2D eigenvalue weighted by molar-refractivity contribution is 6.26. The van der Waals surface area contributed by atoms with Gasteiger partial charge in [-0.15, -0.1) is 0 Å². The van der Waals surface area contributed by atoms with Crippen LogP contribution in [-0.2, 0) is 24.4 Å². The number of ketones is 2. The number of carbonyl (C=O) groups is 2. The van der Waals surface area contributed by atoms with Gasteiger partial charge in [0.15, 0.2) is 11.4 Å². The van der Waals surface area contributed by atoms with E-state index in [4.69, 9.17) is 9.26 Å². The van der Waals surface area contributed by atoms with Crippen molar-refractivity contribution in [3.63, 3.8) is 0 Å². The Morgan fingerprint density at radius 2 is 1.81 bits per heavy atom. The summed E-state index contributed by atoms with van der Waals surface area (Å²) in [7, 11) is 3.58. The number of ether oxygens (including phenoxy) is 1. The average Bonchev–Trinajstić information content (AvgIpc) is 3.45. The van der Waals surface area contributed by atoms with Crippen LogP contribution in [0.15, 0.2) is 64.7 Å². The number of hydrogen-bond acceptors (Lipinski definition) is 10. The third kappa shape index (κ3) is 4.94. The summed E-state index contributed by atoms with van der Waals surface area (Å²) in [5, 5.41) is 44.3. The van der Waals surface area contributed by atoms with Crippen molar-refractivity contribution in [2.24, 2.45) is 17.8 Å².